The van der Waals surface area contributed by atoms with Crippen LogP contribution in [0.4, 0.5) is 8.78 Å². The number of ether oxygens (including phenoxy) is 13. The lowest BCUT2D eigenvalue weighted by Crippen LogP contribution is -2.32. The Morgan fingerprint density at radius 1 is 0.395 bits per heavy atom. The van der Waals surface area contributed by atoms with Gasteiger partial charge in [0.1, 0.15) is 29.6 Å². The number of carboxylic acid groups (broad SMARTS) is 1. The maximum absolute atomic E-state index is 13.1. The van der Waals surface area contributed by atoms with Crippen LogP contribution < -0.4 is 62.6 Å². The first-order valence-corrected chi connectivity index (χ1v) is 41.3. The van der Waals surface area contributed by atoms with E-state index in [-0.39, 0.29) is 64.0 Å². The molecule has 4 heterocycles. The summed E-state index contributed by atoms with van der Waals surface area (Å²) in [5.41, 5.74) is 13.6. The topological polar surface area (TPSA) is 331 Å². The van der Waals surface area contributed by atoms with E-state index in [1.807, 2.05) is 114 Å². The fraction of sp³-hybridized carbons (Fsp3) is 0.363. The molecular weight excluding hydrogens is 1650 g/mol. The van der Waals surface area contributed by atoms with Crippen molar-refractivity contribution in [2.24, 2.45) is 26.1 Å². The number of aliphatic carboxylic acids is 1. The minimum Gasteiger partial charge on any atom is -0.493 e. The van der Waals surface area contributed by atoms with Crippen LogP contribution >= 0.6 is 23.2 Å². The number of nitrogens with zero attached hydrogens (tertiary/aromatic N) is 8. The van der Waals surface area contributed by atoms with Crippen molar-refractivity contribution in [1.82, 2.24) is 20.0 Å². The van der Waals surface area contributed by atoms with E-state index in [9.17, 15) is 37.5 Å². The van der Waals surface area contributed by atoms with Gasteiger partial charge in [-0.1, -0.05) is 37.0 Å². The van der Waals surface area contributed by atoms with E-state index >= 15 is 0 Å². The SMILES string of the molecule is CC.CCOC(=O)COc1ccc(C(=O)N2CCCC(c3ccc(OC)c(OCC)c3)=N2)c(Cl)c1.CCOc1cc(C2=NN(C(=O)c3ccc(OC(F)F)cc3)CCC2)ccc1OC.CCOc1cc(C2=NN(C(=O)c3ccc(OCC(=O)O)cc3Cl)CCC2)ccc1OC.CCOc1cc(C2=NN(C(=O)c3ccc(OCCN)cc3)CCC2)ccc1OC. The molecule has 4 aliphatic heterocycles. The van der Waals surface area contributed by atoms with Crippen molar-refractivity contribution in [3.8, 4) is 69.0 Å². The predicted molar refractivity (Wildman–Crippen MR) is 467 cm³/mol. The van der Waals surface area contributed by atoms with Gasteiger partial charge in [0, 0.05) is 66.1 Å². The van der Waals surface area contributed by atoms with E-state index in [4.69, 9.17) is 90.9 Å². The van der Waals surface area contributed by atoms with Gasteiger partial charge in [0.25, 0.3) is 23.6 Å². The summed E-state index contributed by atoms with van der Waals surface area (Å²) in [6.07, 6.45) is 6.09. The fourth-order valence-electron chi connectivity index (χ4n) is 12.7. The molecule has 12 rings (SSSR count). The largest absolute Gasteiger partial charge is 0.493 e. The maximum Gasteiger partial charge on any atom is 0.387 e. The molecule has 8 aromatic rings. The number of rotatable bonds is 32. The molecule has 0 fully saturated rings. The molecular formula is C91H105Cl2F2N9O20. The summed E-state index contributed by atoms with van der Waals surface area (Å²) in [5, 5.41) is 33.1. The monoisotopic (exact) mass is 1750 g/mol. The van der Waals surface area contributed by atoms with Crippen molar-refractivity contribution in [2.45, 2.75) is 106 Å². The second-order valence-corrected chi connectivity index (χ2v) is 27.4. The molecule has 4 amide bonds. The molecule has 3 N–H and O–H groups in total. The number of hydrogen-bond acceptors (Lipinski definition) is 24. The van der Waals surface area contributed by atoms with Gasteiger partial charge in [0.05, 0.1) is 105 Å². The highest BCUT2D eigenvalue weighted by Gasteiger charge is 2.29. The van der Waals surface area contributed by atoms with E-state index in [0.717, 1.165) is 96.5 Å². The lowest BCUT2D eigenvalue weighted by molar-refractivity contribution is -0.145. The van der Waals surface area contributed by atoms with Crippen LogP contribution in [-0.4, -0.2) is 204 Å². The number of esters is 1. The number of carbonyl (C=O) groups excluding carboxylic acids is 5. The van der Waals surface area contributed by atoms with E-state index in [2.05, 4.69) is 25.1 Å². The van der Waals surface area contributed by atoms with Crippen molar-refractivity contribution >= 4 is 81.6 Å². The van der Waals surface area contributed by atoms with Crippen LogP contribution in [0.3, 0.4) is 0 Å². The molecule has 0 spiro atoms. The zero-order chi connectivity index (χ0) is 89.6. The van der Waals surface area contributed by atoms with Gasteiger partial charge < -0.3 is 72.4 Å². The van der Waals surface area contributed by atoms with E-state index in [1.165, 1.54) is 68.6 Å². The molecule has 0 aromatic heterocycles. The number of amides is 4. The molecule has 4 aliphatic rings. The van der Waals surface area contributed by atoms with Gasteiger partial charge in [-0.25, -0.2) is 29.6 Å². The third kappa shape index (κ3) is 27.9. The summed E-state index contributed by atoms with van der Waals surface area (Å²) in [6, 6.07) is 44.1. The Kier molecular flexibility index (Phi) is 39.0. The molecule has 0 unspecified atom stereocenters. The molecule has 662 valence electrons. The van der Waals surface area contributed by atoms with Crippen molar-refractivity contribution in [3.63, 3.8) is 0 Å². The number of hydrazone groups is 4. The number of carboxylic acids is 1. The molecule has 0 saturated carbocycles. The van der Waals surface area contributed by atoms with Crippen LogP contribution in [0.5, 0.6) is 69.0 Å². The summed E-state index contributed by atoms with van der Waals surface area (Å²) in [4.78, 5) is 73.8. The van der Waals surface area contributed by atoms with Gasteiger partial charge in [-0.2, -0.15) is 29.2 Å². The summed E-state index contributed by atoms with van der Waals surface area (Å²) >= 11 is 12.6. The zero-order valence-electron chi connectivity index (χ0n) is 71.3. The number of carbonyl (C=O) groups is 6. The first kappa shape index (κ1) is 96.7. The highest BCUT2D eigenvalue weighted by atomic mass is 35.5. The average molecular weight is 1750 g/mol. The molecule has 0 radical (unpaired) electrons. The molecule has 124 heavy (non-hydrogen) atoms. The standard InChI is InChI=1S/C24H27ClN2O6.C22H23ClN2O6.C22H27N3O4.C21H22F2N2O4.C2H6/c1-4-31-22-13-16(8-11-21(22)30-3)20-7-6-12-27(26-20)24(29)18-10-9-17(14-19(18)25)33-15-23(28)32-5-2;1-3-30-20-11-14(6-9-19(20)29-2)18-5-4-10-25(24-18)22(28)16-8-7-15(12-17(16)23)31-13-21(26)27;1-3-28-21-15-17(8-11-20(21)27-2)19-5-4-13-25(24-19)22(26)16-6-9-18(10-7-16)29-14-12-23;1-3-28-19-13-15(8-11-18(19)27-2)17-5-4-12-25(24-17)20(26)14-6-9-16(10-7-14)29-21(22)23;1-2/h8-11,13-14H,4-7,12,15H2,1-3H3;6-9,11-12H,3-5,10,13H2,1-2H3,(H,26,27);6-11,15H,3-5,12-14,23H2,1-2H3;6-11,13,21H,3-5,12H2,1-2H3;1-2H3. The highest BCUT2D eigenvalue weighted by Crippen LogP contribution is 2.36. The third-order valence-corrected chi connectivity index (χ3v) is 19.0. The van der Waals surface area contributed by atoms with E-state index in [0.29, 0.717) is 140 Å². The lowest BCUT2D eigenvalue weighted by Gasteiger charge is -2.24. The predicted octanol–water partition coefficient (Wildman–Crippen LogP) is 16.6. The Labute approximate surface area is 730 Å². The Morgan fingerprint density at radius 3 is 1.00 bits per heavy atom. The van der Waals surface area contributed by atoms with Crippen LogP contribution in [0.2, 0.25) is 10.0 Å². The molecule has 0 bridgehead atoms. The smallest absolute Gasteiger partial charge is 0.387 e. The van der Waals surface area contributed by atoms with Gasteiger partial charge in [-0.3, -0.25) is 19.2 Å². The van der Waals surface area contributed by atoms with Gasteiger partial charge in [0.2, 0.25) is 0 Å². The lowest BCUT2D eigenvalue weighted by atomic mass is 10.0. The van der Waals surface area contributed by atoms with Crippen LogP contribution in [0.1, 0.15) is 164 Å². The zero-order valence-corrected chi connectivity index (χ0v) is 72.8. The van der Waals surface area contributed by atoms with Crippen molar-refractivity contribution in [1.29, 1.82) is 0 Å². The number of halogens is 4. The Balaban J connectivity index is 0.000000204. The summed E-state index contributed by atoms with van der Waals surface area (Å²) in [6.45, 7) is 14.9. The average Bonchev–Trinajstić information content (AvgIpc) is 0.844. The molecule has 29 nitrogen and oxygen atoms in total. The summed E-state index contributed by atoms with van der Waals surface area (Å²) < 4.78 is 93.5. The van der Waals surface area contributed by atoms with Crippen molar-refractivity contribution in [2.75, 3.05) is 114 Å². The van der Waals surface area contributed by atoms with Crippen molar-refractivity contribution in [3.05, 3.63) is 212 Å². The number of benzene rings is 8. The van der Waals surface area contributed by atoms with Gasteiger partial charge in [-0.05, 0) is 244 Å². The second-order valence-electron chi connectivity index (χ2n) is 26.6. The quantitative estimate of drug-likeness (QED) is 0.0370. The maximum atomic E-state index is 13.1. The Bertz CT molecular complexity index is 5040. The summed E-state index contributed by atoms with van der Waals surface area (Å²) in [7, 11) is 6.36. The van der Waals surface area contributed by atoms with Gasteiger partial charge in [0.15, 0.2) is 59.2 Å². The number of nitrogens with two attached hydrogens (primary N) is 1. The van der Waals surface area contributed by atoms with Crippen LogP contribution in [0.25, 0.3) is 0 Å². The van der Waals surface area contributed by atoms with E-state index in [1.54, 1.807) is 71.8 Å². The van der Waals surface area contributed by atoms with Crippen LogP contribution in [0, 0.1) is 0 Å². The first-order valence-electron chi connectivity index (χ1n) is 40.6. The number of hydrogen-bond donors (Lipinski definition) is 2. The Hall–Kier alpha value is -12.7. The van der Waals surface area contributed by atoms with Gasteiger partial charge >= 0.3 is 18.6 Å². The summed E-state index contributed by atoms with van der Waals surface area (Å²) in [5.74, 6) is 3.79. The number of methoxy groups -OCH3 is 4. The van der Waals surface area contributed by atoms with Gasteiger partial charge in [-0.15, -0.1) is 0 Å². The second kappa shape index (κ2) is 50.0. The van der Waals surface area contributed by atoms with E-state index < -0.39 is 25.2 Å². The van der Waals surface area contributed by atoms with Crippen LogP contribution in [-0.2, 0) is 14.3 Å². The molecule has 0 saturated heterocycles. The highest BCUT2D eigenvalue weighted by molar-refractivity contribution is 6.34. The molecule has 33 heteroatoms. The minimum atomic E-state index is -2.91. The Morgan fingerprint density at radius 2 is 0.710 bits per heavy atom. The molecule has 0 atom stereocenters. The number of alkyl halides is 2. The normalized spacial score (nSPS) is 13.3. The van der Waals surface area contributed by atoms with Crippen molar-refractivity contribution < 1.29 is 104 Å². The minimum absolute atomic E-state index is 0.000992. The fourth-order valence-corrected chi connectivity index (χ4v) is 13.2. The first-order chi connectivity index (χ1) is 60.0. The third-order valence-electron chi connectivity index (χ3n) is 18.4. The van der Waals surface area contributed by atoms with Crippen LogP contribution in [0.15, 0.2) is 178 Å². The molecule has 8 aromatic carbocycles. The molecule has 0 aliphatic carbocycles.